The van der Waals surface area contributed by atoms with Crippen molar-refractivity contribution < 1.29 is 13.9 Å². The van der Waals surface area contributed by atoms with Gasteiger partial charge in [0.25, 0.3) is 5.91 Å². The number of nitrogens with zero attached hydrogens (tertiary/aromatic N) is 1. The van der Waals surface area contributed by atoms with E-state index in [1.165, 1.54) is 16.7 Å². The van der Waals surface area contributed by atoms with Gasteiger partial charge >= 0.3 is 0 Å². The van der Waals surface area contributed by atoms with Crippen molar-refractivity contribution in [2.75, 3.05) is 11.5 Å². The summed E-state index contributed by atoms with van der Waals surface area (Å²) in [7, 11) is 0. The summed E-state index contributed by atoms with van der Waals surface area (Å²) in [5.41, 5.74) is 1.45. The van der Waals surface area contributed by atoms with Gasteiger partial charge in [0.05, 0.1) is 17.2 Å². The summed E-state index contributed by atoms with van der Waals surface area (Å²) in [6.07, 6.45) is 1.68. The molecule has 0 saturated carbocycles. The third-order valence-electron chi connectivity index (χ3n) is 4.25. The molecule has 1 amide bonds. The van der Waals surface area contributed by atoms with E-state index in [0.29, 0.717) is 43.1 Å². The number of hydrogen-bond donors (Lipinski definition) is 0. The van der Waals surface area contributed by atoms with Crippen LogP contribution in [0.5, 0.6) is 5.75 Å². The highest BCUT2D eigenvalue weighted by atomic mass is 35.5. The van der Waals surface area contributed by atoms with Gasteiger partial charge in [-0.05, 0) is 61.5 Å². The Morgan fingerprint density at radius 2 is 1.80 bits per heavy atom. The Balaban J connectivity index is 1.57. The number of carbonyl (C=O) groups excluding carboxylic acids is 1. The van der Waals surface area contributed by atoms with Crippen LogP contribution in [-0.2, 0) is 4.79 Å². The molecule has 4 rings (SSSR count). The van der Waals surface area contributed by atoms with Crippen molar-refractivity contribution in [2.24, 2.45) is 0 Å². The molecule has 1 saturated heterocycles. The zero-order chi connectivity index (χ0) is 21.3. The summed E-state index contributed by atoms with van der Waals surface area (Å²) < 4.78 is 11.8. The van der Waals surface area contributed by atoms with E-state index in [-0.39, 0.29) is 5.91 Å². The molecule has 0 aliphatic carbocycles. The lowest BCUT2D eigenvalue weighted by Crippen LogP contribution is -2.27. The average molecular weight is 476 g/mol. The smallest absolute Gasteiger partial charge is 0.270 e. The normalized spacial score (nSPS) is 15.3. The number of furan rings is 1. The quantitative estimate of drug-likeness (QED) is 0.291. The van der Waals surface area contributed by atoms with Gasteiger partial charge in [0.1, 0.15) is 17.3 Å². The molecule has 0 atom stereocenters. The number of ether oxygens (including phenoxy) is 1. The summed E-state index contributed by atoms with van der Waals surface area (Å²) in [6.45, 7) is 2.50. The number of rotatable bonds is 5. The van der Waals surface area contributed by atoms with E-state index in [1.807, 2.05) is 31.2 Å². The summed E-state index contributed by atoms with van der Waals surface area (Å²) in [5, 5.41) is 1.04. The summed E-state index contributed by atoms with van der Waals surface area (Å²) in [4.78, 5) is 14.9. The van der Waals surface area contributed by atoms with Crippen molar-refractivity contribution in [3.63, 3.8) is 0 Å². The minimum Gasteiger partial charge on any atom is -0.494 e. The monoisotopic (exact) mass is 475 g/mol. The number of benzene rings is 2. The molecule has 1 fully saturated rings. The van der Waals surface area contributed by atoms with Crippen molar-refractivity contribution in [3.8, 4) is 17.1 Å². The fraction of sp³-hybridized carbons (Fsp3) is 0.0909. The topological polar surface area (TPSA) is 42.7 Å². The largest absolute Gasteiger partial charge is 0.494 e. The van der Waals surface area contributed by atoms with Crippen molar-refractivity contribution in [2.45, 2.75) is 6.92 Å². The first-order chi connectivity index (χ1) is 14.4. The van der Waals surface area contributed by atoms with Crippen LogP contribution in [0.3, 0.4) is 0 Å². The zero-order valence-corrected chi connectivity index (χ0v) is 18.9. The van der Waals surface area contributed by atoms with Crippen LogP contribution in [0.1, 0.15) is 12.7 Å². The molecule has 30 heavy (non-hydrogen) atoms. The fourth-order valence-corrected chi connectivity index (χ4v) is 4.76. The standard InChI is InChI=1S/C22H15Cl2NO3S2/c1-2-27-17-5-3-16(4-6-17)25-21(26)20(30-22(25)29)12-18-7-8-19(28-18)13-9-14(23)11-15(24)10-13/h3-12H,2H2,1H3/b20-12-. The summed E-state index contributed by atoms with van der Waals surface area (Å²) in [6, 6.07) is 16.0. The number of hydrogen-bond acceptors (Lipinski definition) is 5. The van der Waals surface area contributed by atoms with Gasteiger partial charge in [-0.1, -0.05) is 47.2 Å². The van der Waals surface area contributed by atoms with E-state index in [2.05, 4.69) is 0 Å². The van der Waals surface area contributed by atoms with Crippen molar-refractivity contribution >= 4 is 69.2 Å². The Hall–Kier alpha value is -2.25. The van der Waals surface area contributed by atoms with Gasteiger partial charge in [-0.25, -0.2) is 0 Å². The maximum atomic E-state index is 12.9. The van der Waals surface area contributed by atoms with Crippen molar-refractivity contribution in [1.29, 1.82) is 0 Å². The second kappa shape index (κ2) is 8.86. The molecule has 0 spiro atoms. The van der Waals surface area contributed by atoms with E-state index >= 15 is 0 Å². The van der Waals surface area contributed by atoms with Gasteiger partial charge in [-0.2, -0.15) is 0 Å². The van der Waals surface area contributed by atoms with Gasteiger partial charge in [0, 0.05) is 21.7 Å². The highest BCUT2D eigenvalue weighted by molar-refractivity contribution is 8.27. The van der Waals surface area contributed by atoms with Crippen LogP contribution in [0.25, 0.3) is 17.4 Å². The molecule has 0 unspecified atom stereocenters. The summed E-state index contributed by atoms with van der Waals surface area (Å²) >= 11 is 18.8. The Bertz CT molecular complexity index is 1140. The Morgan fingerprint density at radius 1 is 1.10 bits per heavy atom. The highest BCUT2D eigenvalue weighted by Crippen LogP contribution is 2.37. The number of thioether (sulfide) groups is 1. The number of thiocarbonyl (C=S) groups is 1. The second-order valence-electron chi connectivity index (χ2n) is 6.30. The minimum absolute atomic E-state index is 0.196. The van der Waals surface area contributed by atoms with Crippen LogP contribution in [0.15, 0.2) is 63.9 Å². The molecule has 1 aliphatic heterocycles. The van der Waals surface area contributed by atoms with Crippen molar-refractivity contribution in [3.05, 3.63) is 75.3 Å². The Morgan fingerprint density at radius 3 is 2.47 bits per heavy atom. The molecular weight excluding hydrogens is 461 g/mol. The SMILES string of the molecule is CCOc1ccc(N2C(=O)/C(=C/c3ccc(-c4cc(Cl)cc(Cl)c4)o3)SC2=S)cc1. The molecule has 152 valence electrons. The van der Waals surface area contributed by atoms with Crippen LogP contribution < -0.4 is 9.64 Å². The fourth-order valence-electron chi connectivity index (χ4n) is 2.96. The number of halogens is 2. The Labute approximate surface area is 193 Å². The maximum Gasteiger partial charge on any atom is 0.270 e. The predicted molar refractivity (Wildman–Crippen MR) is 127 cm³/mol. The molecule has 2 heterocycles. The molecule has 1 aromatic heterocycles. The molecule has 0 radical (unpaired) electrons. The minimum atomic E-state index is -0.196. The molecule has 0 bridgehead atoms. The van der Waals surface area contributed by atoms with Gasteiger partial charge in [-0.3, -0.25) is 9.69 Å². The van der Waals surface area contributed by atoms with E-state index in [4.69, 9.17) is 44.6 Å². The predicted octanol–water partition coefficient (Wildman–Crippen LogP) is 7.06. The first-order valence-electron chi connectivity index (χ1n) is 9.01. The van der Waals surface area contributed by atoms with Crippen molar-refractivity contribution in [1.82, 2.24) is 0 Å². The third kappa shape index (κ3) is 4.42. The lowest BCUT2D eigenvalue weighted by atomic mass is 10.2. The molecule has 2 aromatic carbocycles. The first kappa shape index (κ1) is 21.0. The molecular formula is C22H15Cl2NO3S2. The number of carbonyl (C=O) groups is 1. The molecule has 0 N–H and O–H groups in total. The van der Waals surface area contributed by atoms with Crippen LogP contribution >= 0.6 is 47.2 Å². The van der Waals surface area contributed by atoms with Crippen LogP contribution in [-0.4, -0.2) is 16.8 Å². The van der Waals surface area contributed by atoms with Gasteiger partial charge < -0.3 is 9.15 Å². The molecule has 1 aliphatic rings. The van der Waals surface area contributed by atoms with E-state index in [1.54, 1.807) is 36.4 Å². The highest BCUT2D eigenvalue weighted by Gasteiger charge is 2.33. The third-order valence-corrected chi connectivity index (χ3v) is 5.99. The van der Waals surface area contributed by atoms with Gasteiger partial charge in [-0.15, -0.1) is 0 Å². The van der Waals surface area contributed by atoms with Crippen LogP contribution in [0.4, 0.5) is 5.69 Å². The second-order valence-corrected chi connectivity index (χ2v) is 8.85. The van der Waals surface area contributed by atoms with E-state index in [9.17, 15) is 4.79 Å². The number of anilines is 1. The van der Waals surface area contributed by atoms with E-state index in [0.717, 1.165) is 11.3 Å². The van der Waals surface area contributed by atoms with Crippen LogP contribution in [0, 0.1) is 0 Å². The first-order valence-corrected chi connectivity index (χ1v) is 11.0. The lowest BCUT2D eigenvalue weighted by molar-refractivity contribution is -0.113. The van der Waals surface area contributed by atoms with E-state index < -0.39 is 0 Å². The maximum absolute atomic E-state index is 12.9. The van der Waals surface area contributed by atoms with Gasteiger partial charge in [0.15, 0.2) is 4.32 Å². The summed E-state index contributed by atoms with van der Waals surface area (Å²) in [5.74, 6) is 1.69. The molecule has 8 heteroatoms. The number of amides is 1. The average Bonchev–Trinajstić information content (AvgIpc) is 3.27. The van der Waals surface area contributed by atoms with Gasteiger partial charge in [0.2, 0.25) is 0 Å². The molecule has 3 aromatic rings. The Kier molecular flexibility index (Phi) is 6.20. The lowest BCUT2D eigenvalue weighted by Gasteiger charge is -2.15. The van der Waals surface area contributed by atoms with Crippen LogP contribution in [0.2, 0.25) is 10.0 Å². The zero-order valence-electron chi connectivity index (χ0n) is 15.7. The molecule has 4 nitrogen and oxygen atoms in total.